The highest BCUT2D eigenvalue weighted by atomic mass is 19.1. The molecule has 1 aromatic carbocycles. The highest BCUT2D eigenvalue weighted by molar-refractivity contribution is 5.86. The van der Waals surface area contributed by atoms with Gasteiger partial charge < -0.3 is 4.74 Å². The van der Waals surface area contributed by atoms with E-state index in [2.05, 4.69) is 20.3 Å². The van der Waals surface area contributed by atoms with E-state index in [1.54, 1.807) is 43.8 Å². The minimum atomic E-state index is -0.635. The number of anilines is 1. The van der Waals surface area contributed by atoms with E-state index in [0.717, 1.165) is 16.8 Å². The number of carbonyl (C=O) groups excluding carboxylic acids is 1. The lowest BCUT2D eigenvalue weighted by Gasteiger charge is -2.19. The van der Waals surface area contributed by atoms with Crippen molar-refractivity contribution in [1.29, 1.82) is 0 Å². The highest BCUT2D eigenvalue weighted by Gasteiger charge is 2.18. The molecule has 3 heterocycles. The van der Waals surface area contributed by atoms with Gasteiger partial charge in [-0.25, -0.2) is 19.2 Å². The number of carbonyl (C=O) groups is 1. The van der Waals surface area contributed by atoms with Crippen LogP contribution in [-0.2, 0) is 4.74 Å². The summed E-state index contributed by atoms with van der Waals surface area (Å²) in [6.07, 6.45) is 6.36. The molecule has 7 nitrogen and oxygen atoms in total. The van der Waals surface area contributed by atoms with Crippen LogP contribution in [0.1, 0.15) is 26.3 Å². The van der Waals surface area contributed by atoms with Crippen molar-refractivity contribution in [3.05, 3.63) is 66.5 Å². The van der Waals surface area contributed by atoms with Crippen LogP contribution in [0, 0.1) is 12.7 Å². The quantitative estimate of drug-likeness (QED) is 0.490. The number of amides is 1. The lowest BCUT2D eigenvalue weighted by molar-refractivity contribution is 0.0636. The molecule has 0 spiro atoms. The second-order valence-corrected chi connectivity index (χ2v) is 8.17. The maximum atomic E-state index is 14.6. The van der Waals surface area contributed by atoms with Crippen LogP contribution in [0.3, 0.4) is 0 Å². The lowest BCUT2D eigenvalue weighted by Crippen LogP contribution is -2.27. The number of imidazole rings is 1. The summed E-state index contributed by atoms with van der Waals surface area (Å²) < 4.78 is 21.5. The van der Waals surface area contributed by atoms with Crippen LogP contribution in [0.5, 0.6) is 0 Å². The van der Waals surface area contributed by atoms with Crippen molar-refractivity contribution in [1.82, 2.24) is 19.4 Å². The van der Waals surface area contributed by atoms with Gasteiger partial charge in [-0.1, -0.05) is 6.07 Å². The average Bonchev–Trinajstić information content (AvgIpc) is 3.11. The van der Waals surface area contributed by atoms with Crippen molar-refractivity contribution in [3.63, 3.8) is 0 Å². The summed E-state index contributed by atoms with van der Waals surface area (Å²) in [6, 6.07) is 8.12. The Morgan fingerprint density at radius 1 is 1.16 bits per heavy atom. The third-order valence-corrected chi connectivity index (χ3v) is 4.48. The molecule has 0 saturated heterocycles. The number of hydrogen-bond acceptors (Lipinski definition) is 5. The van der Waals surface area contributed by atoms with Gasteiger partial charge in [-0.3, -0.25) is 14.7 Å². The van der Waals surface area contributed by atoms with Crippen molar-refractivity contribution in [2.75, 3.05) is 5.32 Å². The van der Waals surface area contributed by atoms with Gasteiger partial charge in [0.2, 0.25) is 5.78 Å². The largest absolute Gasteiger partial charge is 0.444 e. The summed E-state index contributed by atoms with van der Waals surface area (Å²) in [6.45, 7) is 7.29. The molecule has 0 fully saturated rings. The number of rotatable bonds is 3. The number of nitrogens with zero attached hydrogens (tertiary/aromatic N) is 4. The minimum Gasteiger partial charge on any atom is -0.444 e. The Morgan fingerprint density at radius 3 is 2.71 bits per heavy atom. The van der Waals surface area contributed by atoms with Crippen LogP contribution in [0.2, 0.25) is 0 Å². The van der Waals surface area contributed by atoms with Crippen LogP contribution in [0.15, 0.2) is 55.1 Å². The van der Waals surface area contributed by atoms with Crippen molar-refractivity contribution in [2.45, 2.75) is 33.3 Å². The molecule has 4 aromatic rings. The van der Waals surface area contributed by atoms with Crippen LogP contribution in [0.4, 0.5) is 14.9 Å². The molecule has 0 radical (unpaired) electrons. The topological polar surface area (TPSA) is 81.4 Å². The standard InChI is InChI=1S/C23H22FN5O2/c1-14-6-5-9-25-20(14)15-11-26-21-28-19(13-29(21)12-15)17-10-16(7-8-18(17)24)27-22(30)31-23(2,3)4/h5-13H,1-4H3,(H,27,30). The van der Waals surface area contributed by atoms with Crippen molar-refractivity contribution >= 4 is 17.6 Å². The maximum absolute atomic E-state index is 14.6. The predicted octanol–water partition coefficient (Wildman–Crippen LogP) is 5.25. The first-order chi connectivity index (χ1) is 14.7. The minimum absolute atomic E-state index is 0.245. The third-order valence-electron chi connectivity index (χ3n) is 4.48. The Bertz CT molecular complexity index is 1280. The van der Waals surface area contributed by atoms with E-state index < -0.39 is 17.5 Å². The van der Waals surface area contributed by atoms with Crippen LogP contribution in [-0.4, -0.2) is 31.0 Å². The van der Waals surface area contributed by atoms with Gasteiger partial charge in [0.05, 0.1) is 11.4 Å². The van der Waals surface area contributed by atoms with Gasteiger partial charge in [-0.2, -0.15) is 0 Å². The van der Waals surface area contributed by atoms with E-state index in [-0.39, 0.29) is 5.56 Å². The van der Waals surface area contributed by atoms with Crippen molar-refractivity contribution in [3.8, 4) is 22.5 Å². The Hall–Kier alpha value is -3.81. The molecule has 0 aliphatic carbocycles. The third kappa shape index (κ3) is 4.53. The van der Waals surface area contributed by atoms with E-state index >= 15 is 0 Å². The number of benzene rings is 1. The van der Waals surface area contributed by atoms with Gasteiger partial charge in [-0.05, 0) is 57.5 Å². The van der Waals surface area contributed by atoms with E-state index in [9.17, 15) is 9.18 Å². The number of nitrogens with one attached hydrogen (secondary N) is 1. The van der Waals surface area contributed by atoms with Crippen molar-refractivity contribution < 1.29 is 13.9 Å². The van der Waals surface area contributed by atoms with Gasteiger partial charge in [0, 0.05) is 41.6 Å². The Labute approximate surface area is 179 Å². The molecule has 0 aliphatic heterocycles. The fourth-order valence-corrected chi connectivity index (χ4v) is 3.15. The number of hydrogen-bond donors (Lipinski definition) is 1. The van der Waals surface area contributed by atoms with Crippen LogP contribution >= 0.6 is 0 Å². The summed E-state index contributed by atoms with van der Waals surface area (Å²) in [5.74, 6) is -0.0313. The molecule has 0 unspecified atom stereocenters. The zero-order valence-corrected chi connectivity index (χ0v) is 17.7. The van der Waals surface area contributed by atoms with E-state index in [4.69, 9.17) is 4.74 Å². The maximum Gasteiger partial charge on any atom is 0.412 e. The molecular formula is C23H22FN5O2. The zero-order valence-electron chi connectivity index (χ0n) is 17.7. The second kappa shape index (κ2) is 7.79. The fraction of sp³-hybridized carbons (Fsp3) is 0.217. The predicted molar refractivity (Wildman–Crippen MR) is 116 cm³/mol. The Kier molecular flexibility index (Phi) is 5.14. The smallest absolute Gasteiger partial charge is 0.412 e. The summed E-state index contributed by atoms with van der Waals surface area (Å²) in [5, 5.41) is 2.62. The highest BCUT2D eigenvalue weighted by Crippen LogP contribution is 2.27. The number of fused-ring (bicyclic) bond motifs is 1. The molecule has 1 N–H and O–H groups in total. The van der Waals surface area contributed by atoms with Crippen molar-refractivity contribution in [2.24, 2.45) is 0 Å². The number of pyridine rings is 1. The van der Waals surface area contributed by atoms with Gasteiger partial charge in [0.15, 0.2) is 0 Å². The molecule has 0 saturated carbocycles. The fourth-order valence-electron chi connectivity index (χ4n) is 3.15. The number of aromatic nitrogens is 4. The molecule has 0 atom stereocenters. The Balaban J connectivity index is 1.67. The molecule has 1 amide bonds. The van der Waals surface area contributed by atoms with Gasteiger partial charge in [0.1, 0.15) is 11.4 Å². The van der Waals surface area contributed by atoms with Crippen LogP contribution < -0.4 is 5.32 Å². The van der Waals surface area contributed by atoms with Gasteiger partial charge >= 0.3 is 6.09 Å². The second-order valence-electron chi connectivity index (χ2n) is 8.17. The first kappa shape index (κ1) is 20.5. The van der Waals surface area contributed by atoms with Gasteiger partial charge in [0.25, 0.3) is 0 Å². The Morgan fingerprint density at radius 2 is 1.97 bits per heavy atom. The molecule has 3 aromatic heterocycles. The molecule has 4 rings (SSSR count). The van der Waals surface area contributed by atoms with Gasteiger partial charge in [-0.15, -0.1) is 0 Å². The number of halogens is 1. The molecule has 0 aliphatic rings. The van der Waals surface area contributed by atoms with E-state index in [1.165, 1.54) is 18.2 Å². The lowest BCUT2D eigenvalue weighted by atomic mass is 10.1. The average molecular weight is 419 g/mol. The molecule has 31 heavy (non-hydrogen) atoms. The number of ether oxygens (including phenoxy) is 1. The van der Waals surface area contributed by atoms with E-state index in [1.807, 2.05) is 25.3 Å². The summed E-state index contributed by atoms with van der Waals surface area (Å²) in [5.41, 5.74) is 3.08. The van der Waals surface area contributed by atoms with E-state index in [0.29, 0.717) is 17.2 Å². The summed E-state index contributed by atoms with van der Waals surface area (Å²) >= 11 is 0. The SMILES string of the molecule is Cc1cccnc1-c1cnc2nc(-c3cc(NC(=O)OC(C)(C)C)ccc3F)cn2c1. The molecule has 8 heteroatoms. The summed E-state index contributed by atoms with van der Waals surface area (Å²) in [7, 11) is 0. The monoisotopic (exact) mass is 419 g/mol. The zero-order chi connectivity index (χ0) is 22.2. The molecule has 158 valence electrons. The summed E-state index contributed by atoms with van der Waals surface area (Å²) in [4.78, 5) is 25.3. The van der Waals surface area contributed by atoms with Crippen LogP contribution in [0.25, 0.3) is 28.3 Å². The first-order valence-electron chi connectivity index (χ1n) is 9.76. The number of aryl methyl sites for hydroxylation is 1. The first-order valence-corrected chi connectivity index (χ1v) is 9.76. The normalized spacial score (nSPS) is 11.5. The molecular weight excluding hydrogens is 397 g/mol. The molecule has 0 bridgehead atoms.